The number of cyclic esters (lactones) is 2. The molecule has 1 aromatic rings. The van der Waals surface area contributed by atoms with Crippen molar-refractivity contribution in [2.75, 3.05) is 0 Å². The van der Waals surface area contributed by atoms with Crippen molar-refractivity contribution in [2.24, 2.45) is 0 Å². The molecule has 15 heavy (non-hydrogen) atoms. The van der Waals surface area contributed by atoms with Crippen LogP contribution in [-0.2, 0) is 14.3 Å². The lowest BCUT2D eigenvalue weighted by Crippen LogP contribution is -2.06. The number of esters is 2. The monoisotopic (exact) mass is 208 g/mol. The predicted molar refractivity (Wildman–Crippen MR) is 49.6 cm³/mol. The largest absolute Gasteiger partial charge is 0.393 e. The minimum Gasteiger partial charge on any atom is -0.393 e. The van der Waals surface area contributed by atoms with Gasteiger partial charge in [-0.1, -0.05) is 6.07 Å². The van der Waals surface area contributed by atoms with Gasteiger partial charge in [-0.05, 0) is 30.2 Å². The van der Waals surface area contributed by atoms with Crippen LogP contribution in [0.5, 0.6) is 0 Å². The lowest BCUT2D eigenvalue weighted by atomic mass is 9.96. The zero-order valence-electron chi connectivity index (χ0n) is 8.12. The Hall–Kier alpha value is -1.71. The average Bonchev–Trinajstić information content (AvgIpc) is 2.43. The Bertz CT molecular complexity index is 419. The zero-order chi connectivity index (χ0) is 11.0. The molecule has 4 heteroatoms. The zero-order valence-corrected chi connectivity index (χ0v) is 8.12. The Balaban J connectivity index is 2.37. The summed E-state index contributed by atoms with van der Waals surface area (Å²) < 4.78 is 17.5. The number of carbonyl (C=O) groups is 2. The highest BCUT2D eigenvalue weighted by Crippen LogP contribution is 2.28. The second-order valence-electron chi connectivity index (χ2n) is 3.61. The third kappa shape index (κ3) is 1.88. The summed E-state index contributed by atoms with van der Waals surface area (Å²) in [5.41, 5.74) is 1.22. The van der Waals surface area contributed by atoms with Gasteiger partial charge in [0, 0.05) is 0 Å². The van der Waals surface area contributed by atoms with Crippen LogP contribution in [0.2, 0.25) is 0 Å². The van der Waals surface area contributed by atoms with Gasteiger partial charge in [-0.2, -0.15) is 0 Å². The van der Waals surface area contributed by atoms with Crippen LogP contribution in [0.25, 0.3) is 0 Å². The molecule has 2 rings (SSSR count). The van der Waals surface area contributed by atoms with Crippen molar-refractivity contribution in [3.05, 3.63) is 35.1 Å². The summed E-state index contributed by atoms with van der Waals surface area (Å²) in [6, 6.07) is 4.32. The van der Waals surface area contributed by atoms with Gasteiger partial charge >= 0.3 is 11.9 Å². The molecule has 0 saturated carbocycles. The van der Waals surface area contributed by atoms with Crippen LogP contribution in [0, 0.1) is 12.7 Å². The molecule has 1 aliphatic heterocycles. The van der Waals surface area contributed by atoms with Crippen molar-refractivity contribution in [2.45, 2.75) is 19.3 Å². The number of hydrogen-bond acceptors (Lipinski definition) is 3. The van der Waals surface area contributed by atoms with Gasteiger partial charge < -0.3 is 4.74 Å². The van der Waals surface area contributed by atoms with Gasteiger partial charge in [0.15, 0.2) is 0 Å². The fourth-order valence-corrected chi connectivity index (χ4v) is 1.69. The number of hydrogen-bond donors (Lipinski definition) is 0. The molecule has 0 N–H and O–H groups in total. The van der Waals surface area contributed by atoms with Crippen molar-refractivity contribution >= 4 is 11.9 Å². The van der Waals surface area contributed by atoms with E-state index in [-0.39, 0.29) is 6.42 Å². The fraction of sp³-hybridized carbons (Fsp3) is 0.273. The number of halogens is 1. The highest BCUT2D eigenvalue weighted by molar-refractivity contribution is 5.97. The van der Waals surface area contributed by atoms with Gasteiger partial charge in [-0.15, -0.1) is 0 Å². The van der Waals surface area contributed by atoms with Gasteiger partial charge in [-0.25, -0.2) is 4.39 Å². The van der Waals surface area contributed by atoms with E-state index in [0.717, 1.165) is 5.56 Å². The molecule has 1 aliphatic rings. The molecule has 1 unspecified atom stereocenters. The number of rotatable bonds is 1. The number of benzene rings is 1. The summed E-state index contributed by atoms with van der Waals surface area (Å²) in [5.74, 6) is -2.19. The summed E-state index contributed by atoms with van der Waals surface area (Å²) in [7, 11) is 0. The molecule has 1 aromatic carbocycles. The van der Waals surface area contributed by atoms with E-state index >= 15 is 0 Å². The molecular formula is C11H9FO3. The number of carbonyl (C=O) groups excluding carboxylic acids is 2. The van der Waals surface area contributed by atoms with Crippen LogP contribution in [0.1, 0.15) is 23.5 Å². The Morgan fingerprint density at radius 3 is 2.60 bits per heavy atom. The lowest BCUT2D eigenvalue weighted by Gasteiger charge is -2.06. The molecule has 0 aliphatic carbocycles. The van der Waals surface area contributed by atoms with Gasteiger partial charge in [-0.3, -0.25) is 9.59 Å². The molecule has 1 saturated heterocycles. The van der Waals surface area contributed by atoms with E-state index in [2.05, 4.69) is 4.74 Å². The maximum atomic E-state index is 13.1. The SMILES string of the molecule is Cc1cc(F)cc(C2CC(=O)OC2=O)c1. The summed E-state index contributed by atoms with van der Waals surface area (Å²) in [6.07, 6.45) is 0.00171. The molecule has 1 atom stereocenters. The normalized spacial score (nSPS) is 20.5. The van der Waals surface area contributed by atoms with Gasteiger partial charge in [0.05, 0.1) is 12.3 Å². The minimum atomic E-state index is -0.646. The van der Waals surface area contributed by atoms with Crippen LogP contribution in [-0.4, -0.2) is 11.9 Å². The van der Waals surface area contributed by atoms with Crippen LogP contribution in [0.3, 0.4) is 0 Å². The third-order valence-electron chi connectivity index (χ3n) is 2.34. The van der Waals surface area contributed by atoms with E-state index < -0.39 is 23.7 Å². The predicted octanol–water partition coefficient (Wildman–Crippen LogP) is 1.69. The highest BCUT2D eigenvalue weighted by atomic mass is 19.1. The van der Waals surface area contributed by atoms with E-state index in [4.69, 9.17) is 0 Å². The van der Waals surface area contributed by atoms with Crippen molar-refractivity contribution in [1.29, 1.82) is 0 Å². The lowest BCUT2D eigenvalue weighted by molar-refractivity contribution is -0.152. The molecule has 0 amide bonds. The maximum absolute atomic E-state index is 13.1. The second-order valence-corrected chi connectivity index (χ2v) is 3.61. The topological polar surface area (TPSA) is 43.4 Å². The average molecular weight is 208 g/mol. The number of ether oxygens (including phenoxy) is 1. The molecule has 78 valence electrons. The van der Waals surface area contributed by atoms with Crippen LogP contribution in [0.4, 0.5) is 4.39 Å². The first-order valence-corrected chi connectivity index (χ1v) is 4.58. The first kappa shape index (κ1) is 9.83. The smallest absolute Gasteiger partial charge is 0.321 e. The van der Waals surface area contributed by atoms with E-state index in [1.807, 2.05) is 0 Å². The van der Waals surface area contributed by atoms with Crippen molar-refractivity contribution < 1.29 is 18.7 Å². The van der Waals surface area contributed by atoms with Crippen LogP contribution < -0.4 is 0 Å². The molecule has 3 nitrogen and oxygen atoms in total. The molecule has 0 aromatic heterocycles. The molecule has 0 radical (unpaired) electrons. The van der Waals surface area contributed by atoms with E-state index in [9.17, 15) is 14.0 Å². The Kier molecular flexibility index (Phi) is 2.26. The number of aryl methyl sites for hydroxylation is 1. The summed E-state index contributed by atoms with van der Waals surface area (Å²) in [4.78, 5) is 22.1. The van der Waals surface area contributed by atoms with Gasteiger partial charge in [0.2, 0.25) is 0 Å². The summed E-state index contributed by atoms with van der Waals surface area (Å²) >= 11 is 0. The molecule has 0 bridgehead atoms. The minimum absolute atomic E-state index is 0.00171. The molecule has 0 spiro atoms. The van der Waals surface area contributed by atoms with Gasteiger partial charge in [0.25, 0.3) is 0 Å². The van der Waals surface area contributed by atoms with E-state index in [1.165, 1.54) is 12.1 Å². The Labute approximate surface area is 85.9 Å². The van der Waals surface area contributed by atoms with Crippen LogP contribution >= 0.6 is 0 Å². The molecule has 1 fully saturated rings. The third-order valence-corrected chi connectivity index (χ3v) is 2.34. The fourth-order valence-electron chi connectivity index (χ4n) is 1.69. The van der Waals surface area contributed by atoms with Crippen molar-refractivity contribution in [3.8, 4) is 0 Å². The van der Waals surface area contributed by atoms with E-state index in [0.29, 0.717) is 5.56 Å². The first-order valence-electron chi connectivity index (χ1n) is 4.58. The Morgan fingerprint density at radius 2 is 2.07 bits per heavy atom. The summed E-state index contributed by atoms with van der Waals surface area (Å²) in [6.45, 7) is 1.73. The first-order chi connectivity index (χ1) is 7.06. The Morgan fingerprint density at radius 1 is 1.33 bits per heavy atom. The molecule has 1 heterocycles. The highest BCUT2D eigenvalue weighted by Gasteiger charge is 2.34. The van der Waals surface area contributed by atoms with Crippen molar-refractivity contribution in [1.82, 2.24) is 0 Å². The van der Waals surface area contributed by atoms with Gasteiger partial charge in [0.1, 0.15) is 5.82 Å². The molecular weight excluding hydrogens is 199 g/mol. The maximum Gasteiger partial charge on any atom is 0.321 e. The van der Waals surface area contributed by atoms with Crippen LogP contribution in [0.15, 0.2) is 18.2 Å². The standard InChI is InChI=1S/C11H9FO3/c1-6-2-7(4-8(12)3-6)9-5-10(13)15-11(9)14/h2-4,9H,5H2,1H3. The summed E-state index contributed by atoms with van der Waals surface area (Å²) in [5, 5.41) is 0. The van der Waals surface area contributed by atoms with Crippen molar-refractivity contribution in [3.63, 3.8) is 0 Å². The quantitative estimate of drug-likeness (QED) is 0.521. The van der Waals surface area contributed by atoms with E-state index in [1.54, 1.807) is 13.0 Å². The second kappa shape index (κ2) is 3.46.